The molecule has 0 aromatic heterocycles. The number of aromatic nitrogens is 1. The molecule has 0 aromatic carbocycles. The highest BCUT2D eigenvalue weighted by molar-refractivity contribution is 7.80. The number of hydrogen-bond donors (Lipinski definition) is 1. The second kappa shape index (κ2) is 6.41. The SMILES string of the molecule is CN1CCN(C(=S)N=Nc2c3[nH]cccc-3c3c2N=CCC3)CC1. The molecule has 0 radical (unpaired) electrons. The fourth-order valence-corrected chi connectivity index (χ4v) is 3.50. The Labute approximate surface area is 146 Å². The molecule has 7 heteroatoms. The molecule has 1 aliphatic carbocycles. The highest BCUT2D eigenvalue weighted by Gasteiger charge is 2.25. The number of thiocarbonyl (C=S) groups is 1. The van der Waals surface area contributed by atoms with Crippen LogP contribution in [0.15, 0.2) is 33.6 Å². The van der Waals surface area contributed by atoms with Crippen LogP contribution in [-0.4, -0.2) is 59.3 Å². The summed E-state index contributed by atoms with van der Waals surface area (Å²) in [6.07, 6.45) is 5.83. The molecule has 1 saturated heterocycles. The summed E-state index contributed by atoms with van der Waals surface area (Å²) in [6.45, 7) is 3.81. The fourth-order valence-electron chi connectivity index (χ4n) is 3.28. The number of likely N-dealkylation sites (N-methyl/N-ethyl adjacent to an activating group) is 1. The van der Waals surface area contributed by atoms with Gasteiger partial charge in [-0.15, -0.1) is 10.2 Å². The summed E-state index contributed by atoms with van der Waals surface area (Å²) in [5, 5.41) is 9.39. The topological polar surface area (TPSA) is 59.3 Å². The van der Waals surface area contributed by atoms with Crippen LogP contribution in [0.4, 0.5) is 11.4 Å². The van der Waals surface area contributed by atoms with Crippen LogP contribution in [0.5, 0.6) is 0 Å². The fraction of sp³-hybridized carbons (Fsp3) is 0.412. The molecule has 1 N–H and O–H groups in total. The van der Waals surface area contributed by atoms with Gasteiger partial charge in [-0.2, -0.15) is 0 Å². The average Bonchev–Trinajstić information content (AvgIpc) is 2.94. The first-order valence-electron chi connectivity index (χ1n) is 8.27. The molecule has 0 aromatic rings. The molecule has 4 aliphatic rings. The van der Waals surface area contributed by atoms with Crippen molar-refractivity contribution < 1.29 is 0 Å². The Balaban J connectivity index is 1.63. The molecule has 124 valence electrons. The summed E-state index contributed by atoms with van der Waals surface area (Å²) in [5.74, 6) is 0. The maximum absolute atomic E-state index is 5.46. The summed E-state index contributed by atoms with van der Waals surface area (Å²) >= 11 is 5.46. The van der Waals surface area contributed by atoms with Crippen LogP contribution < -0.4 is 0 Å². The van der Waals surface area contributed by atoms with Gasteiger partial charge in [0, 0.05) is 44.2 Å². The van der Waals surface area contributed by atoms with Gasteiger partial charge >= 0.3 is 0 Å². The van der Waals surface area contributed by atoms with Gasteiger partial charge < -0.3 is 14.8 Å². The number of pyridine rings is 1. The molecule has 0 unspecified atom stereocenters. The third-order valence-corrected chi connectivity index (χ3v) is 5.02. The molecule has 4 rings (SSSR count). The predicted molar refractivity (Wildman–Crippen MR) is 100 cm³/mol. The quantitative estimate of drug-likeness (QED) is 0.639. The lowest BCUT2D eigenvalue weighted by Gasteiger charge is -2.32. The molecular formula is C17H20N6S. The van der Waals surface area contributed by atoms with E-state index in [0.29, 0.717) is 5.11 Å². The summed E-state index contributed by atoms with van der Waals surface area (Å²) in [6, 6.07) is 4.13. The Hall–Kier alpha value is -2.12. The second-order valence-electron chi connectivity index (χ2n) is 6.26. The zero-order chi connectivity index (χ0) is 16.5. The van der Waals surface area contributed by atoms with Crippen LogP contribution in [0.1, 0.15) is 12.0 Å². The van der Waals surface area contributed by atoms with E-state index in [0.717, 1.165) is 56.1 Å². The Kier molecular flexibility index (Phi) is 4.12. The monoisotopic (exact) mass is 340 g/mol. The van der Waals surface area contributed by atoms with E-state index in [1.807, 2.05) is 18.5 Å². The van der Waals surface area contributed by atoms with Gasteiger partial charge in [0.05, 0.1) is 11.4 Å². The van der Waals surface area contributed by atoms with Crippen molar-refractivity contribution >= 4 is 34.9 Å². The lowest BCUT2D eigenvalue weighted by molar-refractivity contribution is 0.216. The third kappa shape index (κ3) is 2.74. The van der Waals surface area contributed by atoms with Gasteiger partial charge in [-0.05, 0) is 43.7 Å². The molecule has 0 atom stereocenters. The summed E-state index contributed by atoms with van der Waals surface area (Å²) in [4.78, 5) is 12.3. The number of rotatable bonds is 1. The number of aliphatic imine (C=N–C) groups is 1. The van der Waals surface area contributed by atoms with Crippen LogP contribution in [-0.2, 0) is 6.42 Å². The largest absolute Gasteiger partial charge is 0.359 e. The first-order valence-corrected chi connectivity index (χ1v) is 8.68. The Morgan fingerprint density at radius 2 is 2.12 bits per heavy atom. The zero-order valence-corrected chi connectivity index (χ0v) is 14.5. The molecule has 0 spiro atoms. The number of hydrogen-bond acceptors (Lipinski definition) is 4. The molecule has 24 heavy (non-hydrogen) atoms. The van der Waals surface area contributed by atoms with Crippen LogP contribution in [0.25, 0.3) is 11.3 Å². The van der Waals surface area contributed by atoms with E-state index in [1.165, 1.54) is 11.1 Å². The Morgan fingerprint density at radius 3 is 2.96 bits per heavy atom. The predicted octanol–water partition coefficient (Wildman–Crippen LogP) is 3.38. The lowest BCUT2D eigenvalue weighted by atomic mass is 10.1. The van der Waals surface area contributed by atoms with Crippen LogP contribution in [0, 0.1) is 0 Å². The summed E-state index contributed by atoms with van der Waals surface area (Å²) in [5.41, 5.74) is 5.16. The van der Waals surface area contributed by atoms with Gasteiger partial charge in [-0.3, -0.25) is 4.99 Å². The van der Waals surface area contributed by atoms with Gasteiger partial charge in [0.2, 0.25) is 5.11 Å². The average molecular weight is 340 g/mol. The molecular weight excluding hydrogens is 320 g/mol. The van der Waals surface area contributed by atoms with E-state index in [-0.39, 0.29) is 0 Å². The van der Waals surface area contributed by atoms with Crippen LogP contribution in [0.2, 0.25) is 0 Å². The number of H-pyrrole nitrogens is 1. The van der Waals surface area contributed by atoms with Crippen molar-refractivity contribution in [3.8, 4) is 11.3 Å². The van der Waals surface area contributed by atoms with Gasteiger partial charge in [-0.25, -0.2) is 0 Å². The normalized spacial score (nSPS) is 18.5. The molecule has 0 saturated carbocycles. The number of azo groups is 1. The molecule has 0 bridgehead atoms. The van der Waals surface area contributed by atoms with E-state index >= 15 is 0 Å². The van der Waals surface area contributed by atoms with Gasteiger partial charge in [0.1, 0.15) is 5.69 Å². The lowest BCUT2D eigenvalue weighted by Crippen LogP contribution is -2.46. The maximum atomic E-state index is 5.46. The highest BCUT2D eigenvalue weighted by atomic mass is 32.1. The summed E-state index contributed by atoms with van der Waals surface area (Å²) < 4.78 is 0. The number of fused-ring (bicyclic) bond motifs is 3. The third-order valence-electron chi connectivity index (χ3n) is 4.68. The van der Waals surface area contributed by atoms with E-state index < -0.39 is 0 Å². The first-order chi connectivity index (χ1) is 11.7. The molecule has 6 nitrogen and oxygen atoms in total. The minimum atomic E-state index is 0.557. The molecule has 3 aliphatic heterocycles. The first kappa shape index (κ1) is 15.4. The van der Waals surface area contributed by atoms with Gasteiger partial charge in [-0.1, -0.05) is 6.07 Å². The smallest absolute Gasteiger partial charge is 0.216 e. The van der Waals surface area contributed by atoms with Gasteiger partial charge in [0.15, 0.2) is 0 Å². The van der Waals surface area contributed by atoms with E-state index in [1.54, 1.807) is 0 Å². The van der Waals surface area contributed by atoms with Crippen LogP contribution >= 0.6 is 12.2 Å². The van der Waals surface area contributed by atoms with Gasteiger partial charge in [0.25, 0.3) is 0 Å². The van der Waals surface area contributed by atoms with E-state index in [4.69, 9.17) is 12.2 Å². The van der Waals surface area contributed by atoms with Crippen molar-refractivity contribution in [3.63, 3.8) is 0 Å². The van der Waals surface area contributed by atoms with Crippen molar-refractivity contribution in [1.29, 1.82) is 0 Å². The van der Waals surface area contributed by atoms with E-state index in [2.05, 4.69) is 43.1 Å². The van der Waals surface area contributed by atoms with Crippen molar-refractivity contribution in [2.75, 3.05) is 33.2 Å². The number of aromatic amines is 1. The second-order valence-corrected chi connectivity index (χ2v) is 6.62. The van der Waals surface area contributed by atoms with Crippen molar-refractivity contribution in [3.05, 3.63) is 23.9 Å². The number of nitrogens with one attached hydrogen (secondary N) is 1. The molecule has 1 fully saturated rings. The highest BCUT2D eigenvalue weighted by Crippen LogP contribution is 2.48. The number of piperazine rings is 1. The Morgan fingerprint density at radius 1 is 1.29 bits per heavy atom. The van der Waals surface area contributed by atoms with Crippen molar-refractivity contribution in [2.24, 2.45) is 15.2 Å². The van der Waals surface area contributed by atoms with E-state index in [9.17, 15) is 0 Å². The Bertz CT molecular complexity index is 785. The van der Waals surface area contributed by atoms with Crippen molar-refractivity contribution in [1.82, 2.24) is 14.8 Å². The molecule has 3 heterocycles. The minimum absolute atomic E-state index is 0.557. The summed E-state index contributed by atoms with van der Waals surface area (Å²) in [7, 11) is 2.12. The maximum Gasteiger partial charge on any atom is 0.216 e. The van der Waals surface area contributed by atoms with Crippen LogP contribution in [0.3, 0.4) is 0 Å². The minimum Gasteiger partial charge on any atom is -0.359 e. The van der Waals surface area contributed by atoms with Crippen molar-refractivity contribution in [2.45, 2.75) is 12.8 Å². The zero-order valence-electron chi connectivity index (χ0n) is 13.7. The standard InChI is InChI=1S/C17H20N6S/c1-22-8-10-23(11-9-22)17(24)21-20-16-14-12(4-2-6-18-14)13-5-3-7-19-15(13)16/h2,4,6-7,18H,3,5,8-11H2,1H3. The molecule has 0 amide bonds. The number of nitrogens with zero attached hydrogens (tertiary/aromatic N) is 5.